The third-order valence-electron chi connectivity index (χ3n) is 4.70. The van der Waals surface area contributed by atoms with E-state index in [1.54, 1.807) is 0 Å². The van der Waals surface area contributed by atoms with Crippen LogP contribution in [-0.4, -0.2) is 4.98 Å². The van der Waals surface area contributed by atoms with E-state index in [4.69, 9.17) is 4.98 Å². The van der Waals surface area contributed by atoms with E-state index in [0.717, 1.165) is 11.0 Å². The monoisotopic (exact) mass is 343 g/mol. The van der Waals surface area contributed by atoms with Gasteiger partial charge in [-0.15, -0.1) is 8.93 Å². The maximum atomic E-state index is 4.98. The summed E-state index contributed by atoms with van der Waals surface area (Å²) in [6, 6.07) is 25.9. The van der Waals surface area contributed by atoms with E-state index in [9.17, 15) is 0 Å². The lowest BCUT2D eigenvalue weighted by Gasteiger charge is -2.13. The number of nitrogens with zero attached hydrogens (tertiary/aromatic N) is 1. The van der Waals surface area contributed by atoms with Crippen molar-refractivity contribution in [2.45, 2.75) is 0 Å². The zero-order chi connectivity index (χ0) is 16.1. The first-order valence-corrected chi connectivity index (χ1v) is 10.8. The van der Waals surface area contributed by atoms with E-state index < -0.39 is 0 Å². The van der Waals surface area contributed by atoms with Crippen molar-refractivity contribution in [2.75, 3.05) is 0 Å². The van der Waals surface area contributed by atoms with Crippen molar-refractivity contribution < 1.29 is 0 Å². The summed E-state index contributed by atoms with van der Waals surface area (Å²) in [6.07, 6.45) is 0. The van der Waals surface area contributed by atoms with Crippen LogP contribution in [0.25, 0.3) is 43.4 Å². The lowest BCUT2D eigenvalue weighted by Crippen LogP contribution is -2.02. The first-order valence-electron chi connectivity index (χ1n) is 7.96. The van der Waals surface area contributed by atoms with Crippen LogP contribution in [-0.2, 0) is 0 Å². The van der Waals surface area contributed by atoms with Crippen LogP contribution in [0.15, 0.2) is 72.8 Å². The Kier molecular flexibility index (Phi) is 3.27. The van der Waals surface area contributed by atoms with E-state index in [0.29, 0.717) is 8.27 Å². The highest BCUT2D eigenvalue weighted by Crippen LogP contribution is 2.36. The normalized spacial score (nSPS) is 12.2. The first-order chi connectivity index (χ1) is 11.9. The van der Waals surface area contributed by atoms with Gasteiger partial charge >= 0.3 is 0 Å². The molecule has 1 nitrogen and oxygen atoms in total. The molecule has 0 spiro atoms. The number of fused-ring (bicyclic) bond motifs is 6. The topological polar surface area (TPSA) is 12.9 Å². The Labute approximate surface area is 144 Å². The van der Waals surface area contributed by atoms with Gasteiger partial charge in [0, 0.05) is 10.8 Å². The lowest BCUT2D eigenvalue weighted by atomic mass is 10.00. The molecule has 0 saturated heterocycles. The fraction of sp³-hybridized carbons (Fsp3) is 0. The average Bonchev–Trinajstić information content (AvgIpc) is 2.65. The van der Waals surface area contributed by atoms with E-state index in [-0.39, 0.29) is 0 Å². The van der Waals surface area contributed by atoms with Gasteiger partial charge in [0.1, 0.15) is 0 Å². The van der Waals surface area contributed by atoms with Gasteiger partial charge < -0.3 is 0 Å². The van der Waals surface area contributed by atoms with Crippen molar-refractivity contribution >= 4 is 65.9 Å². The molecule has 0 aliphatic rings. The molecular weight excluding hydrogens is 328 g/mol. The fourth-order valence-electron chi connectivity index (χ4n) is 3.63. The molecule has 5 rings (SSSR count). The molecule has 3 heteroatoms. The summed E-state index contributed by atoms with van der Waals surface area (Å²) in [5.74, 6) is 0. The zero-order valence-corrected chi connectivity index (χ0v) is 15.1. The average molecular weight is 343 g/mol. The van der Waals surface area contributed by atoms with Gasteiger partial charge in [0.2, 0.25) is 0 Å². The van der Waals surface area contributed by atoms with Gasteiger partial charge in [0.15, 0.2) is 0 Å². The highest BCUT2D eigenvalue weighted by Gasteiger charge is 2.13. The third kappa shape index (κ3) is 1.99. The molecule has 0 bridgehead atoms. The van der Waals surface area contributed by atoms with Crippen LogP contribution in [0.5, 0.6) is 0 Å². The van der Waals surface area contributed by atoms with Crippen LogP contribution in [0.2, 0.25) is 0 Å². The smallest absolute Gasteiger partial charge is 0.0722 e. The van der Waals surface area contributed by atoms with Gasteiger partial charge in [0.25, 0.3) is 0 Å². The molecule has 0 aliphatic heterocycles. The Balaban J connectivity index is 2.12. The number of pyridine rings is 1. The Bertz CT molecular complexity index is 1150. The largest absolute Gasteiger partial charge is 0.248 e. The molecule has 5 aromatic rings. The number of hydrogen-bond acceptors (Lipinski definition) is 1. The number of rotatable bonds is 1. The minimum absolute atomic E-state index is 0.641. The Morgan fingerprint density at radius 2 is 1.12 bits per heavy atom. The van der Waals surface area contributed by atoms with Crippen molar-refractivity contribution in [3.8, 4) is 0 Å². The van der Waals surface area contributed by atoms with Gasteiger partial charge in [-0.3, -0.25) is 0 Å². The molecule has 0 radical (unpaired) electrons. The maximum Gasteiger partial charge on any atom is 0.0722 e. The quantitative estimate of drug-likeness (QED) is 0.213. The minimum atomic E-state index is 0.641. The highest BCUT2D eigenvalue weighted by molar-refractivity contribution is 8.07. The van der Waals surface area contributed by atoms with Crippen LogP contribution in [0, 0.1) is 0 Å². The second-order valence-corrected chi connectivity index (χ2v) is 7.65. The van der Waals surface area contributed by atoms with Crippen LogP contribution >= 0.6 is 17.2 Å². The second kappa shape index (κ2) is 5.49. The number of hydrogen-bond donors (Lipinski definition) is 0. The first kappa shape index (κ1) is 14.3. The molecule has 0 aliphatic carbocycles. The van der Waals surface area contributed by atoms with Gasteiger partial charge in [-0.25, -0.2) is 4.98 Å². The molecule has 0 N–H and O–H groups in total. The van der Waals surface area contributed by atoms with Crippen molar-refractivity contribution in [2.24, 2.45) is 0 Å². The van der Waals surface area contributed by atoms with E-state index in [2.05, 4.69) is 81.7 Å². The number of aromatic nitrogens is 1. The summed E-state index contributed by atoms with van der Waals surface area (Å²) >= 11 is 0. The molecule has 1 heterocycles. The number of benzene rings is 4. The van der Waals surface area contributed by atoms with Gasteiger partial charge in [0.05, 0.1) is 11.0 Å². The molecular formula is C21H15NP2. The van der Waals surface area contributed by atoms with Crippen LogP contribution in [0.1, 0.15) is 0 Å². The predicted molar refractivity (Wildman–Crippen MR) is 112 cm³/mol. The summed E-state index contributed by atoms with van der Waals surface area (Å²) < 4.78 is 0. The van der Waals surface area contributed by atoms with Crippen molar-refractivity contribution in [1.29, 1.82) is 0 Å². The molecule has 2 unspecified atom stereocenters. The fourth-order valence-corrected chi connectivity index (χ4v) is 5.31. The standard InChI is InChI=1S/C21H15NP2/c23-24-21-19-15-7-3-1-5-13(15)9-11-17(19)22-18-12-10-14-6-2-4-8-16(14)20(18)21/h1-12,24H,23H2. The summed E-state index contributed by atoms with van der Waals surface area (Å²) in [6.45, 7) is 0. The molecule has 114 valence electrons. The summed E-state index contributed by atoms with van der Waals surface area (Å²) in [4.78, 5) is 4.98. The Morgan fingerprint density at radius 3 is 1.62 bits per heavy atom. The van der Waals surface area contributed by atoms with E-state index in [1.807, 2.05) is 0 Å². The van der Waals surface area contributed by atoms with Gasteiger partial charge in [-0.05, 0) is 39.0 Å². The summed E-state index contributed by atoms with van der Waals surface area (Å²) in [7, 11) is 3.58. The summed E-state index contributed by atoms with van der Waals surface area (Å²) in [5.41, 5.74) is 2.17. The molecule has 2 atom stereocenters. The Hall–Kier alpha value is -2.07. The molecule has 0 amide bonds. The van der Waals surface area contributed by atoms with Gasteiger partial charge in [-0.2, -0.15) is 0 Å². The van der Waals surface area contributed by atoms with Gasteiger partial charge in [-0.1, -0.05) is 68.9 Å². The maximum absolute atomic E-state index is 4.98. The van der Waals surface area contributed by atoms with E-state index in [1.165, 1.54) is 37.6 Å². The molecule has 0 fully saturated rings. The molecule has 24 heavy (non-hydrogen) atoms. The van der Waals surface area contributed by atoms with Crippen LogP contribution in [0.4, 0.5) is 0 Å². The highest BCUT2D eigenvalue weighted by atomic mass is 32.0. The Morgan fingerprint density at radius 1 is 0.625 bits per heavy atom. The van der Waals surface area contributed by atoms with Crippen molar-refractivity contribution in [1.82, 2.24) is 4.98 Å². The van der Waals surface area contributed by atoms with Crippen molar-refractivity contribution in [3.63, 3.8) is 0 Å². The second-order valence-electron chi connectivity index (χ2n) is 5.99. The minimum Gasteiger partial charge on any atom is -0.248 e. The lowest BCUT2D eigenvalue weighted by molar-refractivity contribution is 1.52. The van der Waals surface area contributed by atoms with Crippen LogP contribution in [0.3, 0.4) is 0 Å². The zero-order valence-electron chi connectivity index (χ0n) is 13.0. The van der Waals surface area contributed by atoms with Crippen LogP contribution < -0.4 is 5.30 Å². The van der Waals surface area contributed by atoms with Crippen molar-refractivity contribution in [3.05, 3.63) is 72.8 Å². The third-order valence-corrected chi connectivity index (χ3v) is 6.35. The molecule has 4 aromatic carbocycles. The SMILES string of the molecule is PPc1c2c(ccc3ccccc32)nc2ccc3ccccc3c12. The van der Waals surface area contributed by atoms with E-state index >= 15 is 0 Å². The molecule has 0 saturated carbocycles. The summed E-state index contributed by atoms with van der Waals surface area (Å²) in [5, 5.41) is 9.13. The molecule has 1 aromatic heterocycles. The predicted octanol–water partition coefficient (Wildman–Crippen LogP) is 5.79.